The number of oxazole rings is 1. The molecule has 0 saturated carbocycles. The molecule has 0 fully saturated rings. The van der Waals surface area contributed by atoms with Crippen LogP contribution in [-0.2, 0) is 0 Å². The highest BCUT2D eigenvalue weighted by molar-refractivity contribution is 6.05. The maximum Gasteiger partial charge on any atom is 0.417 e. The van der Waals surface area contributed by atoms with Crippen LogP contribution in [0.25, 0.3) is 11.1 Å². The fourth-order valence-electron chi connectivity index (χ4n) is 1.92. The van der Waals surface area contributed by atoms with E-state index in [1.807, 2.05) is 6.07 Å². The van der Waals surface area contributed by atoms with E-state index in [0.717, 1.165) is 0 Å². The number of carbonyl (C=O) groups excluding carboxylic acids is 1. The van der Waals surface area contributed by atoms with Crippen molar-refractivity contribution in [2.75, 3.05) is 5.32 Å². The second kappa shape index (κ2) is 4.98. The minimum atomic E-state index is -0.561. The summed E-state index contributed by atoms with van der Waals surface area (Å²) < 4.78 is 4.91. The van der Waals surface area contributed by atoms with Crippen molar-refractivity contribution in [2.24, 2.45) is 0 Å². The van der Waals surface area contributed by atoms with Gasteiger partial charge in [0.2, 0.25) is 0 Å². The summed E-state index contributed by atoms with van der Waals surface area (Å²) in [6.07, 6.45) is 0. The number of aromatic amines is 1. The van der Waals surface area contributed by atoms with Crippen LogP contribution in [0.1, 0.15) is 15.9 Å². The number of amides is 1. The number of nitriles is 1. The Balaban J connectivity index is 1.85. The summed E-state index contributed by atoms with van der Waals surface area (Å²) in [5.74, 6) is -0.889. The second-order valence-corrected chi connectivity index (χ2v) is 4.37. The van der Waals surface area contributed by atoms with Crippen molar-refractivity contribution >= 4 is 22.7 Å². The first-order valence-electron chi connectivity index (χ1n) is 6.10. The lowest BCUT2D eigenvalue weighted by Crippen LogP contribution is -2.11. The Hall–Kier alpha value is -3.33. The molecule has 0 spiro atoms. The zero-order valence-electron chi connectivity index (χ0n) is 10.7. The number of nitrogens with zero attached hydrogens (tertiary/aromatic N) is 1. The quantitative estimate of drug-likeness (QED) is 0.751. The summed E-state index contributed by atoms with van der Waals surface area (Å²) in [6, 6.07) is 13.2. The van der Waals surface area contributed by atoms with E-state index >= 15 is 0 Å². The van der Waals surface area contributed by atoms with Gasteiger partial charge in [-0.1, -0.05) is 0 Å². The molecule has 0 bridgehead atoms. The van der Waals surface area contributed by atoms with Crippen molar-refractivity contribution in [3.63, 3.8) is 0 Å². The van der Waals surface area contributed by atoms with Crippen molar-refractivity contribution in [3.8, 4) is 6.07 Å². The maximum atomic E-state index is 12.1. The normalized spacial score (nSPS) is 10.2. The highest BCUT2D eigenvalue weighted by Gasteiger charge is 2.09. The molecule has 6 heteroatoms. The number of carbonyl (C=O) groups is 1. The van der Waals surface area contributed by atoms with Crippen molar-refractivity contribution < 1.29 is 9.21 Å². The van der Waals surface area contributed by atoms with Gasteiger partial charge in [0.05, 0.1) is 17.1 Å². The van der Waals surface area contributed by atoms with Crippen molar-refractivity contribution in [3.05, 3.63) is 64.1 Å². The van der Waals surface area contributed by atoms with Gasteiger partial charge >= 0.3 is 5.76 Å². The van der Waals surface area contributed by atoms with Crippen LogP contribution in [0.4, 0.5) is 5.69 Å². The van der Waals surface area contributed by atoms with Crippen molar-refractivity contribution in [1.29, 1.82) is 5.26 Å². The molecule has 2 aromatic carbocycles. The molecule has 2 N–H and O–H groups in total. The van der Waals surface area contributed by atoms with Gasteiger partial charge in [0.15, 0.2) is 5.58 Å². The van der Waals surface area contributed by atoms with E-state index in [9.17, 15) is 9.59 Å². The summed E-state index contributed by atoms with van der Waals surface area (Å²) in [7, 11) is 0. The lowest BCUT2D eigenvalue weighted by molar-refractivity contribution is 0.102. The predicted molar refractivity (Wildman–Crippen MR) is 75.9 cm³/mol. The average molecular weight is 279 g/mol. The molecule has 0 unspecified atom stereocenters. The summed E-state index contributed by atoms with van der Waals surface area (Å²) in [4.78, 5) is 25.7. The van der Waals surface area contributed by atoms with E-state index in [2.05, 4.69) is 10.3 Å². The van der Waals surface area contributed by atoms with Gasteiger partial charge in [-0.05, 0) is 42.5 Å². The maximum absolute atomic E-state index is 12.1. The van der Waals surface area contributed by atoms with Crippen LogP contribution in [0.2, 0.25) is 0 Å². The van der Waals surface area contributed by atoms with Gasteiger partial charge in [-0.15, -0.1) is 0 Å². The van der Waals surface area contributed by atoms with Crippen LogP contribution in [0.5, 0.6) is 0 Å². The monoisotopic (exact) mass is 279 g/mol. The van der Waals surface area contributed by atoms with E-state index in [1.165, 1.54) is 6.07 Å². The Labute approximate surface area is 118 Å². The lowest BCUT2D eigenvalue weighted by atomic mass is 10.2. The molecule has 1 heterocycles. The zero-order chi connectivity index (χ0) is 14.8. The Kier molecular flexibility index (Phi) is 3.01. The molecule has 21 heavy (non-hydrogen) atoms. The molecule has 0 aliphatic rings. The first-order valence-corrected chi connectivity index (χ1v) is 6.10. The number of nitrogens with one attached hydrogen (secondary N) is 2. The summed E-state index contributed by atoms with van der Waals surface area (Å²) in [5, 5.41) is 11.4. The Bertz CT molecular complexity index is 914. The standard InChI is InChI=1S/C15H9N3O3/c16-8-9-1-4-11(5-2-9)17-14(19)10-3-6-12-13(7-10)21-15(20)18-12/h1-7H,(H,17,19)(H,18,20). The van der Waals surface area contributed by atoms with Gasteiger partial charge in [-0.2, -0.15) is 5.26 Å². The Morgan fingerprint density at radius 1 is 1.19 bits per heavy atom. The van der Waals surface area contributed by atoms with E-state index in [-0.39, 0.29) is 5.91 Å². The fourth-order valence-corrected chi connectivity index (χ4v) is 1.92. The third-order valence-corrected chi connectivity index (χ3v) is 2.96. The fraction of sp³-hybridized carbons (Fsp3) is 0. The second-order valence-electron chi connectivity index (χ2n) is 4.37. The SMILES string of the molecule is N#Cc1ccc(NC(=O)c2ccc3[nH]c(=O)oc3c2)cc1. The number of rotatable bonds is 2. The van der Waals surface area contributed by atoms with Crippen molar-refractivity contribution in [2.45, 2.75) is 0 Å². The van der Waals surface area contributed by atoms with Gasteiger partial charge in [0, 0.05) is 11.3 Å². The number of hydrogen-bond donors (Lipinski definition) is 2. The van der Waals surface area contributed by atoms with Crippen LogP contribution in [0, 0.1) is 11.3 Å². The topological polar surface area (TPSA) is 98.9 Å². The van der Waals surface area contributed by atoms with Gasteiger partial charge < -0.3 is 9.73 Å². The number of hydrogen-bond acceptors (Lipinski definition) is 4. The first kappa shape index (κ1) is 12.7. The molecular weight excluding hydrogens is 270 g/mol. The molecule has 3 aromatic rings. The van der Waals surface area contributed by atoms with Gasteiger partial charge in [0.1, 0.15) is 0 Å². The van der Waals surface area contributed by atoms with Crippen LogP contribution < -0.4 is 11.1 Å². The number of fused-ring (bicyclic) bond motifs is 1. The number of H-pyrrole nitrogens is 1. The highest BCUT2D eigenvalue weighted by atomic mass is 16.4. The van der Waals surface area contributed by atoms with Gasteiger partial charge in [-0.25, -0.2) is 4.79 Å². The lowest BCUT2D eigenvalue weighted by Gasteiger charge is -2.05. The molecule has 0 radical (unpaired) electrons. The smallest absolute Gasteiger partial charge is 0.408 e. The van der Waals surface area contributed by atoms with Gasteiger partial charge in [0.25, 0.3) is 5.91 Å². The largest absolute Gasteiger partial charge is 0.417 e. The predicted octanol–water partition coefficient (Wildman–Crippen LogP) is 2.25. The van der Waals surface area contributed by atoms with Crippen LogP contribution in [-0.4, -0.2) is 10.9 Å². The molecule has 0 atom stereocenters. The molecule has 0 saturated heterocycles. The third kappa shape index (κ3) is 2.53. The molecule has 1 aromatic heterocycles. The number of benzene rings is 2. The molecule has 1 amide bonds. The Morgan fingerprint density at radius 3 is 2.67 bits per heavy atom. The number of anilines is 1. The minimum absolute atomic E-state index is 0.326. The van der Waals surface area contributed by atoms with E-state index in [0.29, 0.717) is 27.9 Å². The van der Waals surface area contributed by atoms with E-state index in [4.69, 9.17) is 9.68 Å². The Morgan fingerprint density at radius 2 is 1.95 bits per heavy atom. The highest BCUT2D eigenvalue weighted by Crippen LogP contribution is 2.15. The van der Waals surface area contributed by atoms with Crippen LogP contribution in [0.3, 0.4) is 0 Å². The van der Waals surface area contributed by atoms with E-state index < -0.39 is 5.76 Å². The first-order chi connectivity index (χ1) is 10.2. The van der Waals surface area contributed by atoms with Crippen LogP contribution >= 0.6 is 0 Å². The molecular formula is C15H9N3O3. The molecule has 3 rings (SSSR count). The minimum Gasteiger partial charge on any atom is -0.408 e. The molecule has 6 nitrogen and oxygen atoms in total. The summed E-state index contributed by atoms with van der Waals surface area (Å²) >= 11 is 0. The average Bonchev–Trinajstić information content (AvgIpc) is 2.87. The van der Waals surface area contributed by atoms with E-state index in [1.54, 1.807) is 36.4 Å². The molecule has 102 valence electrons. The molecule has 0 aliphatic heterocycles. The summed E-state index contributed by atoms with van der Waals surface area (Å²) in [6.45, 7) is 0. The van der Waals surface area contributed by atoms with Crippen molar-refractivity contribution in [1.82, 2.24) is 4.98 Å². The summed E-state index contributed by atoms with van der Waals surface area (Å²) in [5.41, 5.74) is 2.33. The third-order valence-electron chi connectivity index (χ3n) is 2.96. The van der Waals surface area contributed by atoms with Crippen LogP contribution in [0.15, 0.2) is 51.7 Å². The zero-order valence-corrected chi connectivity index (χ0v) is 10.7. The number of aromatic nitrogens is 1. The van der Waals surface area contributed by atoms with Gasteiger partial charge in [-0.3, -0.25) is 9.78 Å². The molecule has 0 aliphatic carbocycles.